The minimum absolute atomic E-state index is 0.134. The average Bonchev–Trinajstić information content (AvgIpc) is 2.46. The molecule has 0 spiro atoms. The Morgan fingerprint density at radius 3 is 2.55 bits per heavy atom. The predicted octanol–water partition coefficient (Wildman–Crippen LogP) is 3.53. The Morgan fingerprint density at radius 2 is 1.90 bits per heavy atom. The SMILES string of the molecule is CCC(C)NC(C)(C(=O)O)c1cccc2ccccc12. The van der Waals surface area contributed by atoms with E-state index in [2.05, 4.69) is 5.32 Å². The number of carboxylic acids is 1. The molecule has 2 rings (SSSR count). The topological polar surface area (TPSA) is 49.3 Å². The van der Waals surface area contributed by atoms with Crippen LogP contribution in [0.3, 0.4) is 0 Å². The molecule has 3 nitrogen and oxygen atoms in total. The van der Waals surface area contributed by atoms with Gasteiger partial charge in [-0.25, -0.2) is 4.79 Å². The second kappa shape index (κ2) is 5.63. The third-order valence-electron chi connectivity index (χ3n) is 3.90. The fourth-order valence-electron chi connectivity index (χ4n) is 2.51. The van der Waals surface area contributed by atoms with Gasteiger partial charge in [-0.3, -0.25) is 5.32 Å². The van der Waals surface area contributed by atoms with Gasteiger partial charge in [0.1, 0.15) is 5.54 Å². The molecule has 2 unspecified atom stereocenters. The lowest BCUT2D eigenvalue weighted by Crippen LogP contribution is -2.50. The van der Waals surface area contributed by atoms with Gasteiger partial charge in [0.25, 0.3) is 0 Å². The van der Waals surface area contributed by atoms with Crippen molar-refractivity contribution in [3.05, 3.63) is 48.0 Å². The van der Waals surface area contributed by atoms with E-state index in [0.29, 0.717) is 0 Å². The quantitative estimate of drug-likeness (QED) is 0.874. The van der Waals surface area contributed by atoms with Crippen molar-refractivity contribution < 1.29 is 9.90 Å². The molecule has 0 fully saturated rings. The molecule has 106 valence electrons. The Balaban J connectivity index is 2.60. The summed E-state index contributed by atoms with van der Waals surface area (Å²) in [7, 11) is 0. The first kappa shape index (κ1) is 14.5. The van der Waals surface area contributed by atoms with Crippen LogP contribution in [0, 0.1) is 0 Å². The number of rotatable bonds is 5. The smallest absolute Gasteiger partial charge is 0.328 e. The third kappa shape index (κ3) is 2.54. The summed E-state index contributed by atoms with van der Waals surface area (Å²) < 4.78 is 0. The second-order valence-electron chi connectivity index (χ2n) is 5.41. The van der Waals surface area contributed by atoms with Gasteiger partial charge in [0.05, 0.1) is 0 Å². The van der Waals surface area contributed by atoms with Gasteiger partial charge in [0.15, 0.2) is 0 Å². The molecule has 20 heavy (non-hydrogen) atoms. The van der Waals surface area contributed by atoms with Crippen LogP contribution in [0.5, 0.6) is 0 Å². The van der Waals surface area contributed by atoms with E-state index in [4.69, 9.17) is 0 Å². The van der Waals surface area contributed by atoms with Crippen LogP contribution in [0.15, 0.2) is 42.5 Å². The average molecular weight is 271 g/mol. The number of aliphatic carboxylic acids is 1. The van der Waals surface area contributed by atoms with Crippen molar-refractivity contribution in [3.63, 3.8) is 0 Å². The molecule has 0 saturated carbocycles. The summed E-state index contributed by atoms with van der Waals surface area (Å²) in [5, 5.41) is 15.0. The number of hydrogen-bond acceptors (Lipinski definition) is 2. The van der Waals surface area contributed by atoms with E-state index in [1.54, 1.807) is 6.92 Å². The Morgan fingerprint density at radius 1 is 1.25 bits per heavy atom. The maximum Gasteiger partial charge on any atom is 0.328 e. The number of hydrogen-bond donors (Lipinski definition) is 2. The van der Waals surface area contributed by atoms with Crippen LogP contribution in [0.25, 0.3) is 10.8 Å². The van der Waals surface area contributed by atoms with Crippen molar-refractivity contribution in [3.8, 4) is 0 Å². The molecule has 3 heteroatoms. The monoisotopic (exact) mass is 271 g/mol. The first-order valence-electron chi connectivity index (χ1n) is 6.98. The van der Waals surface area contributed by atoms with Gasteiger partial charge in [-0.2, -0.15) is 0 Å². The summed E-state index contributed by atoms with van der Waals surface area (Å²) in [5.41, 5.74) is -0.278. The molecule has 0 aliphatic carbocycles. The normalized spacial score (nSPS) is 15.8. The predicted molar refractivity (Wildman–Crippen MR) is 81.8 cm³/mol. The van der Waals surface area contributed by atoms with Gasteiger partial charge in [-0.1, -0.05) is 49.4 Å². The summed E-state index contributed by atoms with van der Waals surface area (Å²) in [5.74, 6) is -0.853. The molecular weight excluding hydrogens is 250 g/mol. The maximum atomic E-state index is 11.9. The molecule has 2 aromatic carbocycles. The van der Waals surface area contributed by atoms with Gasteiger partial charge >= 0.3 is 5.97 Å². The van der Waals surface area contributed by atoms with Crippen molar-refractivity contribution in [1.82, 2.24) is 5.32 Å². The fourth-order valence-corrected chi connectivity index (χ4v) is 2.51. The molecule has 2 N–H and O–H groups in total. The molecule has 2 aromatic rings. The summed E-state index contributed by atoms with van der Waals surface area (Å²) in [6.45, 7) is 5.79. The van der Waals surface area contributed by atoms with E-state index in [0.717, 1.165) is 22.8 Å². The van der Waals surface area contributed by atoms with Crippen molar-refractivity contribution in [2.45, 2.75) is 38.8 Å². The second-order valence-corrected chi connectivity index (χ2v) is 5.41. The minimum Gasteiger partial charge on any atom is -0.480 e. The highest BCUT2D eigenvalue weighted by molar-refractivity contribution is 5.92. The van der Waals surface area contributed by atoms with E-state index >= 15 is 0 Å². The Labute approximate surface area is 119 Å². The number of nitrogens with one attached hydrogen (secondary N) is 1. The highest BCUT2D eigenvalue weighted by Crippen LogP contribution is 2.29. The summed E-state index contributed by atoms with van der Waals surface area (Å²) >= 11 is 0. The van der Waals surface area contributed by atoms with Crippen LogP contribution in [-0.2, 0) is 10.3 Å². The van der Waals surface area contributed by atoms with Gasteiger partial charge in [0.2, 0.25) is 0 Å². The van der Waals surface area contributed by atoms with Crippen LogP contribution in [0.2, 0.25) is 0 Å². The van der Waals surface area contributed by atoms with Crippen molar-refractivity contribution in [1.29, 1.82) is 0 Å². The van der Waals surface area contributed by atoms with E-state index in [1.165, 1.54) is 0 Å². The zero-order valence-corrected chi connectivity index (χ0v) is 12.2. The lowest BCUT2D eigenvalue weighted by atomic mass is 9.87. The highest BCUT2D eigenvalue weighted by atomic mass is 16.4. The van der Waals surface area contributed by atoms with Crippen LogP contribution >= 0.6 is 0 Å². The molecule has 0 saturated heterocycles. The standard InChI is InChI=1S/C17H21NO2/c1-4-12(2)18-17(3,16(19)20)15-11-7-9-13-8-5-6-10-14(13)15/h5-12,18H,4H2,1-3H3,(H,19,20). The van der Waals surface area contributed by atoms with Crippen LogP contribution < -0.4 is 5.32 Å². The number of carbonyl (C=O) groups is 1. The molecule has 0 amide bonds. The first-order valence-corrected chi connectivity index (χ1v) is 6.98. The van der Waals surface area contributed by atoms with Gasteiger partial charge in [-0.05, 0) is 36.6 Å². The van der Waals surface area contributed by atoms with Crippen molar-refractivity contribution >= 4 is 16.7 Å². The Hall–Kier alpha value is -1.87. The van der Waals surface area contributed by atoms with E-state index in [9.17, 15) is 9.90 Å². The summed E-state index contributed by atoms with van der Waals surface area (Å²) in [4.78, 5) is 11.9. The fraction of sp³-hybridized carbons (Fsp3) is 0.353. The minimum atomic E-state index is -1.09. The molecule has 2 atom stereocenters. The van der Waals surface area contributed by atoms with E-state index in [1.807, 2.05) is 56.3 Å². The molecule has 0 aliphatic heterocycles. The summed E-state index contributed by atoms with van der Waals surface area (Å²) in [6.07, 6.45) is 0.883. The lowest BCUT2D eigenvalue weighted by molar-refractivity contribution is -0.144. The lowest BCUT2D eigenvalue weighted by Gasteiger charge is -2.31. The molecule has 0 heterocycles. The van der Waals surface area contributed by atoms with Crippen LogP contribution in [-0.4, -0.2) is 17.1 Å². The van der Waals surface area contributed by atoms with Gasteiger partial charge in [-0.15, -0.1) is 0 Å². The largest absolute Gasteiger partial charge is 0.480 e. The van der Waals surface area contributed by atoms with Gasteiger partial charge < -0.3 is 5.11 Å². The van der Waals surface area contributed by atoms with E-state index in [-0.39, 0.29) is 6.04 Å². The Bertz CT molecular complexity index is 618. The third-order valence-corrected chi connectivity index (χ3v) is 3.90. The summed E-state index contributed by atoms with van der Waals surface area (Å²) in [6, 6.07) is 13.8. The first-order chi connectivity index (χ1) is 9.49. The molecule has 0 radical (unpaired) electrons. The van der Waals surface area contributed by atoms with E-state index < -0.39 is 11.5 Å². The van der Waals surface area contributed by atoms with Crippen molar-refractivity contribution in [2.75, 3.05) is 0 Å². The van der Waals surface area contributed by atoms with Crippen LogP contribution in [0.4, 0.5) is 0 Å². The van der Waals surface area contributed by atoms with Gasteiger partial charge in [0, 0.05) is 6.04 Å². The Kier molecular flexibility index (Phi) is 4.09. The number of benzene rings is 2. The molecule has 0 aliphatic rings. The molecule has 0 aromatic heterocycles. The van der Waals surface area contributed by atoms with Crippen LogP contribution in [0.1, 0.15) is 32.8 Å². The highest BCUT2D eigenvalue weighted by Gasteiger charge is 2.37. The molecule has 0 bridgehead atoms. The molecular formula is C17H21NO2. The zero-order chi connectivity index (χ0) is 14.8. The maximum absolute atomic E-state index is 11.9. The zero-order valence-electron chi connectivity index (χ0n) is 12.2. The number of fused-ring (bicyclic) bond motifs is 1. The van der Waals surface area contributed by atoms with Crippen molar-refractivity contribution in [2.24, 2.45) is 0 Å². The number of carboxylic acid groups (broad SMARTS) is 1.